The summed E-state index contributed by atoms with van der Waals surface area (Å²) in [7, 11) is 0. The average Bonchev–Trinajstić information content (AvgIpc) is 3.31. The van der Waals surface area contributed by atoms with Gasteiger partial charge in [-0.1, -0.05) is 12.1 Å². The van der Waals surface area contributed by atoms with Gasteiger partial charge in [-0.3, -0.25) is 9.78 Å². The maximum absolute atomic E-state index is 15.1. The SMILES string of the molecule is O=C(NCC1COC1)c1ccc(-c2ccc3nccc(Nc4ccc5scnc5c4)c3c2)c(F)c1. The zero-order chi connectivity index (χ0) is 23.8. The van der Waals surface area contributed by atoms with E-state index in [0.717, 1.165) is 32.5 Å². The first-order chi connectivity index (χ1) is 17.1. The average molecular weight is 485 g/mol. The Labute approximate surface area is 204 Å². The van der Waals surface area contributed by atoms with E-state index >= 15 is 4.39 Å². The van der Waals surface area contributed by atoms with Gasteiger partial charge in [0.1, 0.15) is 5.82 Å². The zero-order valence-corrected chi connectivity index (χ0v) is 19.4. The van der Waals surface area contributed by atoms with Crippen molar-refractivity contribution in [2.45, 2.75) is 0 Å². The standard InChI is InChI=1S/C27H21FN4O2S/c28-22-10-18(27(33)30-12-16-13-34-14-16)1-4-20(22)17-2-5-23-21(9-17)24(7-8-29-23)32-19-3-6-26-25(11-19)31-15-35-26/h1-11,15-16H,12-14H2,(H,29,32)(H,30,33). The lowest BCUT2D eigenvalue weighted by molar-refractivity contribution is -0.0298. The summed E-state index contributed by atoms with van der Waals surface area (Å²) in [4.78, 5) is 21.3. The highest BCUT2D eigenvalue weighted by atomic mass is 32.1. The third-order valence-corrected chi connectivity index (χ3v) is 6.96. The van der Waals surface area contributed by atoms with Gasteiger partial charge in [0, 0.05) is 46.5 Å². The van der Waals surface area contributed by atoms with Crippen molar-refractivity contribution in [1.29, 1.82) is 0 Å². The Morgan fingerprint density at radius 1 is 1.03 bits per heavy atom. The Morgan fingerprint density at radius 2 is 1.94 bits per heavy atom. The van der Waals surface area contributed by atoms with Crippen LogP contribution in [-0.2, 0) is 4.74 Å². The second-order valence-electron chi connectivity index (χ2n) is 8.56. The number of ether oxygens (including phenoxy) is 1. The van der Waals surface area contributed by atoms with Crippen LogP contribution in [0.15, 0.2) is 72.4 Å². The summed E-state index contributed by atoms with van der Waals surface area (Å²) in [5, 5.41) is 7.16. The number of fused-ring (bicyclic) bond motifs is 2. The molecule has 0 unspecified atom stereocenters. The number of nitrogens with zero attached hydrogens (tertiary/aromatic N) is 2. The van der Waals surface area contributed by atoms with Gasteiger partial charge in [-0.15, -0.1) is 11.3 Å². The first kappa shape index (κ1) is 21.6. The molecule has 0 aliphatic carbocycles. The highest BCUT2D eigenvalue weighted by Gasteiger charge is 2.20. The third-order valence-electron chi connectivity index (χ3n) is 6.15. The molecule has 0 radical (unpaired) electrons. The topological polar surface area (TPSA) is 76.1 Å². The summed E-state index contributed by atoms with van der Waals surface area (Å²) in [6.07, 6.45) is 1.75. The highest BCUT2D eigenvalue weighted by Crippen LogP contribution is 2.32. The van der Waals surface area contributed by atoms with Crippen LogP contribution in [-0.4, -0.2) is 35.6 Å². The van der Waals surface area contributed by atoms with Crippen LogP contribution in [0.3, 0.4) is 0 Å². The maximum atomic E-state index is 15.1. The Morgan fingerprint density at radius 3 is 2.77 bits per heavy atom. The largest absolute Gasteiger partial charge is 0.381 e. The molecule has 2 N–H and O–H groups in total. The number of amides is 1. The minimum Gasteiger partial charge on any atom is -0.381 e. The molecule has 0 atom stereocenters. The maximum Gasteiger partial charge on any atom is 0.251 e. The van der Waals surface area contributed by atoms with Gasteiger partial charge in [-0.2, -0.15) is 0 Å². The van der Waals surface area contributed by atoms with Crippen LogP contribution in [0.2, 0.25) is 0 Å². The lowest BCUT2D eigenvalue weighted by atomic mass is 10.00. The van der Waals surface area contributed by atoms with Crippen LogP contribution in [0.5, 0.6) is 0 Å². The number of thiazole rings is 1. The summed E-state index contributed by atoms with van der Waals surface area (Å²) in [5.41, 5.74) is 6.77. The number of benzene rings is 3. The summed E-state index contributed by atoms with van der Waals surface area (Å²) in [6.45, 7) is 1.84. The van der Waals surface area contributed by atoms with E-state index in [2.05, 4.69) is 20.6 Å². The molecule has 3 heterocycles. The number of rotatable bonds is 6. The molecular weight excluding hydrogens is 463 g/mol. The van der Waals surface area contributed by atoms with Gasteiger partial charge < -0.3 is 15.4 Å². The second kappa shape index (κ2) is 9.05. The fourth-order valence-electron chi connectivity index (χ4n) is 4.15. The molecule has 6 rings (SSSR count). The number of anilines is 2. The van der Waals surface area contributed by atoms with Crippen molar-refractivity contribution in [3.63, 3.8) is 0 Å². The monoisotopic (exact) mass is 484 g/mol. The van der Waals surface area contributed by atoms with Gasteiger partial charge in [0.15, 0.2) is 0 Å². The minimum absolute atomic E-state index is 0.284. The minimum atomic E-state index is -0.448. The molecule has 1 amide bonds. The van der Waals surface area contributed by atoms with Crippen LogP contribution >= 0.6 is 11.3 Å². The molecular formula is C27H21FN4O2S. The van der Waals surface area contributed by atoms with Gasteiger partial charge >= 0.3 is 0 Å². The Bertz CT molecular complexity index is 1560. The zero-order valence-electron chi connectivity index (χ0n) is 18.6. The van der Waals surface area contributed by atoms with Crippen LogP contribution in [0.25, 0.3) is 32.2 Å². The summed E-state index contributed by atoms with van der Waals surface area (Å²) >= 11 is 1.60. The first-order valence-corrected chi connectivity index (χ1v) is 12.2. The van der Waals surface area contributed by atoms with Crippen molar-refractivity contribution >= 4 is 49.7 Å². The van der Waals surface area contributed by atoms with E-state index in [1.807, 2.05) is 48.0 Å². The predicted molar refractivity (Wildman–Crippen MR) is 137 cm³/mol. The number of pyridine rings is 1. The van der Waals surface area contributed by atoms with Crippen molar-refractivity contribution in [3.8, 4) is 11.1 Å². The Balaban J connectivity index is 1.29. The van der Waals surface area contributed by atoms with Crippen LogP contribution < -0.4 is 10.6 Å². The van der Waals surface area contributed by atoms with E-state index in [1.165, 1.54) is 6.07 Å². The molecule has 1 saturated heterocycles. The number of nitrogens with one attached hydrogen (secondary N) is 2. The molecule has 3 aromatic carbocycles. The molecule has 35 heavy (non-hydrogen) atoms. The number of carbonyl (C=O) groups excluding carboxylic acids is 1. The highest BCUT2D eigenvalue weighted by molar-refractivity contribution is 7.16. The van der Waals surface area contributed by atoms with Crippen LogP contribution in [0.1, 0.15) is 10.4 Å². The third kappa shape index (κ3) is 4.34. The fraction of sp³-hybridized carbons (Fsp3) is 0.148. The van der Waals surface area contributed by atoms with Crippen LogP contribution in [0, 0.1) is 11.7 Å². The molecule has 174 valence electrons. The van der Waals surface area contributed by atoms with Gasteiger partial charge in [0.2, 0.25) is 0 Å². The van der Waals surface area contributed by atoms with Gasteiger partial charge in [0.05, 0.1) is 34.5 Å². The Hall–Kier alpha value is -3.88. The molecule has 0 saturated carbocycles. The number of halogens is 1. The first-order valence-electron chi connectivity index (χ1n) is 11.3. The number of hydrogen-bond acceptors (Lipinski definition) is 6. The molecule has 1 fully saturated rings. The lowest BCUT2D eigenvalue weighted by Crippen LogP contribution is -2.39. The number of hydrogen-bond donors (Lipinski definition) is 2. The van der Waals surface area contributed by atoms with E-state index in [-0.39, 0.29) is 5.91 Å². The molecule has 0 spiro atoms. The normalized spacial score (nSPS) is 13.6. The molecule has 2 aromatic heterocycles. The second-order valence-corrected chi connectivity index (χ2v) is 9.44. The number of aromatic nitrogens is 2. The van der Waals surface area contributed by atoms with E-state index in [1.54, 1.807) is 29.7 Å². The lowest BCUT2D eigenvalue weighted by Gasteiger charge is -2.25. The van der Waals surface area contributed by atoms with Gasteiger partial charge in [0.25, 0.3) is 5.91 Å². The van der Waals surface area contributed by atoms with E-state index in [0.29, 0.717) is 42.4 Å². The molecule has 8 heteroatoms. The van der Waals surface area contributed by atoms with Crippen molar-refractivity contribution in [3.05, 3.63) is 83.8 Å². The van der Waals surface area contributed by atoms with E-state index in [4.69, 9.17) is 4.74 Å². The van der Waals surface area contributed by atoms with Crippen molar-refractivity contribution in [2.75, 3.05) is 25.1 Å². The molecule has 5 aromatic rings. The van der Waals surface area contributed by atoms with Crippen LogP contribution in [0.4, 0.5) is 15.8 Å². The van der Waals surface area contributed by atoms with Crippen molar-refractivity contribution in [1.82, 2.24) is 15.3 Å². The van der Waals surface area contributed by atoms with E-state index < -0.39 is 5.82 Å². The summed E-state index contributed by atoms with van der Waals surface area (Å²) in [5.74, 6) is -0.398. The number of carbonyl (C=O) groups is 1. The molecule has 1 aliphatic heterocycles. The van der Waals surface area contributed by atoms with E-state index in [9.17, 15) is 4.79 Å². The Kier molecular flexibility index (Phi) is 5.60. The summed E-state index contributed by atoms with van der Waals surface area (Å²) in [6, 6.07) is 18.2. The van der Waals surface area contributed by atoms with Crippen molar-refractivity contribution < 1.29 is 13.9 Å². The molecule has 6 nitrogen and oxygen atoms in total. The molecule has 1 aliphatic rings. The summed E-state index contributed by atoms with van der Waals surface area (Å²) < 4.78 is 21.3. The molecule has 0 bridgehead atoms. The quantitative estimate of drug-likeness (QED) is 0.320. The smallest absolute Gasteiger partial charge is 0.251 e. The fourth-order valence-corrected chi connectivity index (χ4v) is 4.80. The predicted octanol–water partition coefficient (Wildman–Crippen LogP) is 5.77. The van der Waals surface area contributed by atoms with Gasteiger partial charge in [-0.05, 0) is 54.1 Å². The van der Waals surface area contributed by atoms with Crippen molar-refractivity contribution in [2.24, 2.45) is 5.92 Å². The van der Waals surface area contributed by atoms with Gasteiger partial charge in [-0.25, -0.2) is 9.37 Å².